The average molecular weight is 355 g/mol. The molecule has 1 fully saturated rings. The van der Waals surface area contributed by atoms with E-state index < -0.39 is 0 Å². The van der Waals surface area contributed by atoms with Crippen LogP contribution < -0.4 is 5.32 Å². The number of nitrogens with one attached hydrogen (secondary N) is 1. The summed E-state index contributed by atoms with van der Waals surface area (Å²) in [6.07, 6.45) is 5.00. The zero-order valence-electron chi connectivity index (χ0n) is 14.2. The Morgan fingerprint density at radius 1 is 1.12 bits per heavy atom. The molecule has 0 amide bonds. The molecule has 4 heteroatoms. The van der Waals surface area contributed by atoms with Gasteiger partial charge in [-0.25, -0.2) is 0 Å². The fraction of sp³-hybridized carbons (Fsp3) is 0.333. The summed E-state index contributed by atoms with van der Waals surface area (Å²) in [4.78, 5) is 0. The highest BCUT2D eigenvalue weighted by Gasteiger charge is 2.15. The molecule has 3 nitrogen and oxygen atoms in total. The van der Waals surface area contributed by atoms with Crippen LogP contribution in [0.15, 0.2) is 54.7 Å². The van der Waals surface area contributed by atoms with E-state index in [1.165, 1.54) is 34.9 Å². The van der Waals surface area contributed by atoms with Crippen molar-refractivity contribution in [2.45, 2.75) is 32.0 Å². The van der Waals surface area contributed by atoms with Gasteiger partial charge in [0.1, 0.15) is 0 Å². The van der Waals surface area contributed by atoms with Crippen LogP contribution >= 0.6 is 11.6 Å². The highest BCUT2D eigenvalue weighted by atomic mass is 35.5. The number of halogens is 1. The van der Waals surface area contributed by atoms with Crippen LogP contribution in [0.3, 0.4) is 0 Å². The first-order chi connectivity index (χ1) is 12.3. The normalized spacial score (nSPS) is 17.4. The van der Waals surface area contributed by atoms with Gasteiger partial charge in [-0.15, -0.1) is 0 Å². The molecule has 2 heterocycles. The Bertz CT molecular complexity index is 835. The van der Waals surface area contributed by atoms with E-state index in [0.29, 0.717) is 6.10 Å². The second kappa shape index (κ2) is 7.61. The lowest BCUT2D eigenvalue weighted by atomic mass is 10.1. The van der Waals surface area contributed by atoms with Crippen LogP contribution in [0.5, 0.6) is 0 Å². The maximum atomic E-state index is 6.00. The second-order valence-electron chi connectivity index (χ2n) is 6.69. The van der Waals surface area contributed by atoms with Gasteiger partial charge in [0.25, 0.3) is 0 Å². The van der Waals surface area contributed by atoms with E-state index in [1.54, 1.807) is 0 Å². The third-order valence-corrected chi connectivity index (χ3v) is 5.10. The van der Waals surface area contributed by atoms with Crippen LogP contribution in [0.1, 0.15) is 24.0 Å². The molecule has 3 aromatic rings. The first-order valence-electron chi connectivity index (χ1n) is 8.93. The summed E-state index contributed by atoms with van der Waals surface area (Å²) in [5.41, 5.74) is 3.86. The van der Waals surface area contributed by atoms with Crippen molar-refractivity contribution < 1.29 is 4.74 Å². The minimum absolute atomic E-state index is 0.377. The van der Waals surface area contributed by atoms with Gasteiger partial charge in [-0.05, 0) is 42.2 Å². The van der Waals surface area contributed by atoms with Crippen molar-refractivity contribution in [2.75, 3.05) is 13.2 Å². The number of benzene rings is 2. The van der Waals surface area contributed by atoms with Gasteiger partial charge in [-0.2, -0.15) is 0 Å². The first-order valence-corrected chi connectivity index (χ1v) is 9.31. The van der Waals surface area contributed by atoms with Crippen LogP contribution in [0.4, 0.5) is 0 Å². The van der Waals surface area contributed by atoms with Crippen molar-refractivity contribution in [1.29, 1.82) is 0 Å². The zero-order chi connectivity index (χ0) is 17.1. The molecular weight excluding hydrogens is 332 g/mol. The smallest absolute Gasteiger partial charge is 0.0700 e. The summed E-state index contributed by atoms with van der Waals surface area (Å²) in [6.45, 7) is 3.56. The van der Waals surface area contributed by atoms with Crippen molar-refractivity contribution in [1.82, 2.24) is 9.88 Å². The molecule has 130 valence electrons. The number of ether oxygens (including phenoxy) is 1. The van der Waals surface area contributed by atoms with E-state index in [2.05, 4.69) is 52.5 Å². The second-order valence-corrected chi connectivity index (χ2v) is 7.13. The van der Waals surface area contributed by atoms with E-state index in [4.69, 9.17) is 16.3 Å². The minimum atomic E-state index is 0.377. The Kier molecular flexibility index (Phi) is 5.07. The lowest BCUT2D eigenvalue weighted by Crippen LogP contribution is -2.25. The number of para-hydroxylation sites is 1. The van der Waals surface area contributed by atoms with E-state index in [9.17, 15) is 0 Å². The highest BCUT2D eigenvalue weighted by molar-refractivity contribution is 6.30. The average Bonchev–Trinajstić information content (AvgIpc) is 3.26. The Hall–Kier alpha value is -1.81. The van der Waals surface area contributed by atoms with E-state index >= 15 is 0 Å². The maximum absolute atomic E-state index is 6.00. The lowest BCUT2D eigenvalue weighted by molar-refractivity contribution is 0.110. The van der Waals surface area contributed by atoms with Crippen LogP contribution in [-0.4, -0.2) is 23.8 Å². The van der Waals surface area contributed by atoms with Crippen LogP contribution in [0.25, 0.3) is 10.9 Å². The number of rotatable bonds is 6. The summed E-state index contributed by atoms with van der Waals surface area (Å²) in [7, 11) is 0. The van der Waals surface area contributed by atoms with E-state index in [0.717, 1.165) is 31.3 Å². The Balaban J connectivity index is 1.52. The highest BCUT2D eigenvalue weighted by Crippen LogP contribution is 2.23. The first kappa shape index (κ1) is 16.6. The van der Waals surface area contributed by atoms with Gasteiger partial charge >= 0.3 is 0 Å². The van der Waals surface area contributed by atoms with Gasteiger partial charge in [-0.3, -0.25) is 0 Å². The van der Waals surface area contributed by atoms with Crippen molar-refractivity contribution in [2.24, 2.45) is 0 Å². The van der Waals surface area contributed by atoms with E-state index in [1.807, 2.05) is 12.1 Å². The Morgan fingerprint density at radius 3 is 2.76 bits per heavy atom. The SMILES string of the molecule is Clc1ccc(Cn2cc(CNC[C@@H]3CCCO3)c3ccccc32)cc1. The van der Waals surface area contributed by atoms with Crippen molar-refractivity contribution in [3.8, 4) is 0 Å². The lowest BCUT2D eigenvalue weighted by Gasteiger charge is -2.10. The largest absolute Gasteiger partial charge is 0.377 e. The van der Waals surface area contributed by atoms with Crippen LogP contribution in [0, 0.1) is 0 Å². The fourth-order valence-corrected chi connectivity index (χ4v) is 3.68. The van der Waals surface area contributed by atoms with Crippen molar-refractivity contribution >= 4 is 22.5 Å². The molecule has 0 bridgehead atoms. The number of aromatic nitrogens is 1. The van der Waals surface area contributed by atoms with Gasteiger partial charge in [0, 0.05) is 48.4 Å². The standard InChI is InChI=1S/C21H23ClN2O/c22-18-9-7-16(8-10-18)14-24-15-17(20-5-1-2-6-21(20)24)12-23-13-19-4-3-11-25-19/h1-2,5-10,15,19,23H,3-4,11-14H2/t19-/m0/s1. The third-order valence-electron chi connectivity index (χ3n) is 4.85. The van der Waals surface area contributed by atoms with Crippen molar-refractivity contribution in [3.63, 3.8) is 0 Å². The predicted octanol–water partition coefficient (Wildman–Crippen LogP) is 4.61. The molecular formula is C21H23ClN2O. The van der Waals surface area contributed by atoms with Gasteiger partial charge in [0.2, 0.25) is 0 Å². The number of nitrogens with zero attached hydrogens (tertiary/aromatic N) is 1. The molecule has 0 unspecified atom stereocenters. The van der Waals surface area contributed by atoms with Gasteiger partial charge in [0.15, 0.2) is 0 Å². The van der Waals surface area contributed by atoms with E-state index in [-0.39, 0.29) is 0 Å². The molecule has 25 heavy (non-hydrogen) atoms. The summed E-state index contributed by atoms with van der Waals surface area (Å²) >= 11 is 6.00. The topological polar surface area (TPSA) is 26.2 Å². The van der Waals surface area contributed by atoms with Gasteiger partial charge in [-0.1, -0.05) is 41.9 Å². The maximum Gasteiger partial charge on any atom is 0.0700 e. The number of hydrogen-bond donors (Lipinski definition) is 1. The number of fused-ring (bicyclic) bond motifs is 1. The molecule has 1 atom stereocenters. The molecule has 1 aliphatic heterocycles. The molecule has 4 rings (SSSR count). The predicted molar refractivity (Wildman–Crippen MR) is 103 cm³/mol. The fourth-order valence-electron chi connectivity index (χ4n) is 3.55. The number of hydrogen-bond acceptors (Lipinski definition) is 2. The van der Waals surface area contributed by atoms with Gasteiger partial charge < -0.3 is 14.6 Å². The van der Waals surface area contributed by atoms with Crippen molar-refractivity contribution in [3.05, 3.63) is 70.9 Å². The van der Waals surface area contributed by atoms with Gasteiger partial charge in [0.05, 0.1) is 6.10 Å². The van der Waals surface area contributed by atoms with Crippen LogP contribution in [-0.2, 0) is 17.8 Å². The van der Waals surface area contributed by atoms with Crippen LogP contribution in [0.2, 0.25) is 5.02 Å². The monoisotopic (exact) mass is 354 g/mol. The molecule has 1 aromatic heterocycles. The Morgan fingerprint density at radius 2 is 1.96 bits per heavy atom. The molecule has 1 N–H and O–H groups in total. The molecule has 0 radical (unpaired) electrons. The summed E-state index contributed by atoms with van der Waals surface area (Å²) in [6, 6.07) is 16.7. The molecule has 0 saturated carbocycles. The Labute approximate surface area is 153 Å². The molecule has 0 aliphatic carbocycles. The summed E-state index contributed by atoms with van der Waals surface area (Å²) < 4.78 is 8.01. The minimum Gasteiger partial charge on any atom is -0.377 e. The third kappa shape index (κ3) is 3.90. The summed E-state index contributed by atoms with van der Waals surface area (Å²) in [5, 5.41) is 5.66. The zero-order valence-corrected chi connectivity index (χ0v) is 15.0. The molecule has 2 aromatic carbocycles. The quantitative estimate of drug-likeness (QED) is 0.699. The molecule has 1 saturated heterocycles. The molecule has 1 aliphatic rings. The summed E-state index contributed by atoms with van der Waals surface area (Å²) in [5.74, 6) is 0. The molecule has 0 spiro atoms.